The predicted octanol–water partition coefficient (Wildman–Crippen LogP) is 2.92. The Bertz CT molecular complexity index is 1620. The van der Waals surface area contributed by atoms with E-state index < -0.39 is 18.0 Å². The summed E-state index contributed by atoms with van der Waals surface area (Å²) >= 11 is 1.17. The maximum atomic E-state index is 13.9. The molecule has 1 aromatic heterocycles. The Balaban J connectivity index is 1.93. The second-order valence-electron chi connectivity index (χ2n) is 8.86. The van der Waals surface area contributed by atoms with Crippen molar-refractivity contribution in [3.05, 3.63) is 90.1 Å². The van der Waals surface area contributed by atoms with Crippen LogP contribution in [0.15, 0.2) is 63.5 Å². The molecule has 0 amide bonds. The monoisotopic (exact) mass is 566 g/mol. The number of carbonyl (C=O) groups is 2. The Morgan fingerprint density at radius 1 is 1.10 bits per heavy atom. The molecule has 0 aliphatic carbocycles. The molecular weight excluding hydrogens is 536 g/mol. The van der Waals surface area contributed by atoms with Crippen molar-refractivity contribution in [3.63, 3.8) is 0 Å². The van der Waals surface area contributed by atoms with Crippen LogP contribution in [0.4, 0.5) is 0 Å². The highest BCUT2D eigenvalue weighted by molar-refractivity contribution is 7.07. The topological polar surface area (TPSA) is 126 Å². The van der Waals surface area contributed by atoms with Gasteiger partial charge in [0.25, 0.3) is 5.56 Å². The van der Waals surface area contributed by atoms with Crippen LogP contribution in [0.5, 0.6) is 11.5 Å². The van der Waals surface area contributed by atoms with Crippen molar-refractivity contribution < 1.29 is 33.6 Å². The quantitative estimate of drug-likeness (QED) is 0.277. The van der Waals surface area contributed by atoms with Gasteiger partial charge in [0.1, 0.15) is 12.6 Å². The highest BCUT2D eigenvalue weighted by Gasteiger charge is 2.36. The molecule has 0 spiro atoms. The van der Waals surface area contributed by atoms with Gasteiger partial charge in [0.2, 0.25) is 0 Å². The minimum absolute atomic E-state index is 0.0346. The number of allylic oxidation sites excluding steroid dienone is 1. The number of fused-ring (bicyclic) bond motifs is 1. The zero-order valence-corrected chi connectivity index (χ0v) is 23.4. The molecular formula is C29H30N2O8S. The number of benzene rings is 2. The third kappa shape index (κ3) is 5.85. The number of esters is 1. The van der Waals surface area contributed by atoms with E-state index in [0.29, 0.717) is 44.3 Å². The van der Waals surface area contributed by atoms with Gasteiger partial charge in [-0.1, -0.05) is 42.5 Å². The molecule has 11 heteroatoms. The van der Waals surface area contributed by atoms with E-state index in [9.17, 15) is 19.5 Å². The van der Waals surface area contributed by atoms with Gasteiger partial charge in [-0.05, 0) is 43.2 Å². The first-order chi connectivity index (χ1) is 19.3. The molecule has 1 N–H and O–H groups in total. The number of hydrogen-bond donors (Lipinski definition) is 1. The number of thiazole rings is 1. The standard InChI is InChI=1S/C29H30N2O8S/c1-5-13-38-25-20(7-6-8-21(25)37-4)24-23(28(35)39-15-14-36-3)17(2)30-29-31(24)26(32)22(40-29)16-18-9-11-19(12-10-18)27(33)34/h6-12,16,24H,5,13-15H2,1-4H3,(H,33,34)/b22-16+/t24-/m0/s1. The van der Waals surface area contributed by atoms with Crippen LogP contribution in [0.2, 0.25) is 0 Å². The number of nitrogens with zero attached hydrogens (tertiary/aromatic N) is 2. The normalized spacial score (nSPS) is 14.9. The number of ether oxygens (including phenoxy) is 4. The summed E-state index contributed by atoms with van der Waals surface area (Å²) in [7, 11) is 3.04. The second kappa shape index (κ2) is 12.8. The van der Waals surface area contributed by atoms with Crippen molar-refractivity contribution in [2.45, 2.75) is 26.3 Å². The van der Waals surface area contributed by atoms with Gasteiger partial charge in [0, 0.05) is 12.7 Å². The van der Waals surface area contributed by atoms with Crippen LogP contribution in [0.3, 0.4) is 0 Å². The van der Waals surface area contributed by atoms with Gasteiger partial charge >= 0.3 is 11.9 Å². The Morgan fingerprint density at radius 2 is 1.85 bits per heavy atom. The summed E-state index contributed by atoms with van der Waals surface area (Å²) < 4.78 is 24.0. The lowest BCUT2D eigenvalue weighted by atomic mass is 9.94. The van der Waals surface area contributed by atoms with Gasteiger partial charge < -0.3 is 24.1 Å². The van der Waals surface area contributed by atoms with Crippen molar-refractivity contribution in [1.29, 1.82) is 0 Å². The van der Waals surface area contributed by atoms with Gasteiger partial charge in [-0.15, -0.1) is 0 Å². The molecule has 0 radical (unpaired) electrons. The Kier molecular flexibility index (Phi) is 9.18. The Hall–Kier alpha value is -4.22. The molecule has 0 bridgehead atoms. The summed E-state index contributed by atoms with van der Waals surface area (Å²) in [6.45, 7) is 4.33. The minimum atomic E-state index is -1.04. The molecule has 1 aliphatic heterocycles. The van der Waals surface area contributed by atoms with Crippen molar-refractivity contribution in [2.24, 2.45) is 4.99 Å². The van der Waals surface area contributed by atoms with Crippen LogP contribution in [0, 0.1) is 0 Å². The largest absolute Gasteiger partial charge is 0.493 e. The lowest BCUT2D eigenvalue weighted by Crippen LogP contribution is -2.40. The fraction of sp³-hybridized carbons (Fsp3) is 0.310. The lowest BCUT2D eigenvalue weighted by molar-refractivity contribution is -0.140. The Morgan fingerprint density at radius 3 is 2.50 bits per heavy atom. The number of rotatable bonds is 11. The molecule has 2 heterocycles. The van der Waals surface area contributed by atoms with Crippen molar-refractivity contribution in [1.82, 2.24) is 4.57 Å². The number of hydrogen-bond acceptors (Lipinski definition) is 9. The van der Waals surface area contributed by atoms with Crippen molar-refractivity contribution >= 4 is 29.4 Å². The summed E-state index contributed by atoms with van der Waals surface area (Å²) in [4.78, 5) is 43.6. The highest BCUT2D eigenvalue weighted by atomic mass is 32.1. The van der Waals surface area contributed by atoms with Gasteiger partial charge in [-0.25, -0.2) is 14.6 Å². The summed E-state index contributed by atoms with van der Waals surface area (Å²) in [5.41, 5.74) is 1.60. The Labute approximate surface area is 234 Å². The van der Waals surface area contributed by atoms with Crippen LogP contribution in [-0.2, 0) is 14.3 Å². The maximum Gasteiger partial charge on any atom is 0.338 e. The molecule has 0 unspecified atom stereocenters. The van der Waals surface area contributed by atoms with E-state index in [1.165, 1.54) is 42.3 Å². The molecule has 1 aliphatic rings. The molecule has 0 saturated heterocycles. The summed E-state index contributed by atoms with van der Waals surface area (Å²) in [5, 5.41) is 9.19. The lowest BCUT2D eigenvalue weighted by Gasteiger charge is -2.27. The summed E-state index contributed by atoms with van der Waals surface area (Å²) in [6, 6.07) is 10.6. The van der Waals surface area contributed by atoms with Crippen LogP contribution < -0.4 is 24.4 Å². The van der Waals surface area contributed by atoms with Crippen molar-refractivity contribution in [2.75, 3.05) is 34.0 Å². The second-order valence-corrected chi connectivity index (χ2v) is 9.87. The average molecular weight is 567 g/mol. The van der Waals surface area contributed by atoms with Crippen LogP contribution >= 0.6 is 11.3 Å². The molecule has 2 aromatic carbocycles. The van der Waals surface area contributed by atoms with Gasteiger partial charge in [-0.2, -0.15) is 0 Å². The van der Waals surface area contributed by atoms with Crippen LogP contribution in [0.25, 0.3) is 6.08 Å². The van der Waals surface area contributed by atoms with E-state index in [0.717, 1.165) is 6.42 Å². The first kappa shape index (κ1) is 28.8. The molecule has 210 valence electrons. The van der Waals surface area contributed by atoms with E-state index in [1.54, 1.807) is 43.3 Å². The van der Waals surface area contributed by atoms with E-state index in [-0.39, 0.29) is 29.9 Å². The SMILES string of the molecule is CCCOc1c(OC)cccc1[C@H]1C(C(=O)OCCOC)=C(C)N=c2s/c(=C/c3ccc(C(=O)O)cc3)c(=O)n21. The van der Waals surface area contributed by atoms with Gasteiger partial charge in [-0.3, -0.25) is 9.36 Å². The fourth-order valence-electron chi connectivity index (χ4n) is 4.31. The average Bonchev–Trinajstić information content (AvgIpc) is 3.25. The number of methoxy groups -OCH3 is 2. The van der Waals surface area contributed by atoms with Crippen LogP contribution in [-0.4, -0.2) is 55.7 Å². The molecule has 0 fully saturated rings. The molecule has 4 rings (SSSR count). The molecule has 1 atom stereocenters. The number of aromatic carboxylic acids is 1. The summed E-state index contributed by atoms with van der Waals surface area (Å²) in [5.74, 6) is -0.766. The maximum absolute atomic E-state index is 13.9. The molecule has 0 saturated carbocycles. The van der Waals surface area contributed by atoms with E-state index in [4.69, 9.17) is 18.9 Å². The zero-order chi connectivity index (χ0) is 28.8. The number of carboxylic acid groups (broad SMARTS) is 1. The number of carboxylic acids is 1. The molecule has 10 nitrogen and oxygen atoms in total. The number of carbonyl (C=O) groups excluding carboxylic acids is 1. The van der Waals surface area contributed by atoms with E-state index in [1.807, 2.05) is 6.92 Å². The summed E-state index contributed by atoms with van der Waals surface area (Å²) in [6.07, 6.45) is 2.41. The number of aromatic nitrogens is 1. The van der Waals surface area contributed by atoms with E-state index in [2.05, 4.69) is 4.99 Å². The molecule has 40 heavy (non-hydrogen) atoms. The highest BCUT2D eigenvalue weighted by Crippen LogP contribution is 2.40. The predicted molar refractivity (Wildman–Crippen MR) is 149 cm³/mol. The van der Waals surface area contributed by atoms with Crippen LogP contribution in [0.1, 0.15) is 47.8 Å². The fourth-order valence-corrected chi connectivity index (χ4v) is 5.36. The third-order valence-corrected chi connectivity index (χ3v) is 7.17. The number of para-hydroxylation sites is 1. The zero-order valence-electron chi connectivity index (χ0n) is 22.6. The van der Waals surface area contributed by atoms with Gasteiger partial charge in [0.05, 0.1) is 41.7 Å². The van der Waals surface area contributed by atoms with Gasteiger partial charge in [0.15, 0.2) is 16.3 Å². The smallest absolute Gasteiger partial charge is 0.338 e. The first-order valence-corrected chi connectivity index (χ1v) is 13.4. The third-order valence-electron chi connectivity index (χ3n) is 6.19. The molecule has 3 aromatic rings. The van der Waals surface area contributed by atoms with E-state index >= 15 is 0 Å². The van der Waals surface area contributed by atoms with Crippen molar-refractivity contribution in [3.8, 4) is 11.5 Å². The first-order valence-electron chi connectivity index (χ1n) is 12.6. The minimum Gasteiger partial charge on any atom is -0.493 e.